The van der Waals surface area contributed by atoms with Crippen LogP contribution in [0.15, 0.2) is 42.5 Å². The normalized spacial score (nSPS) is 12.7. The molecule has 0 aromatic heterocycles. The Labute approximate surface area is 185 Å². The monoisotopic (exact) mass is 448 g/mol. The number of sulfonamides is 1. The molecule has 2 rings (SSSR count). The SMILES string of the molecule is COc1ccc(N(CC(=O)N[C@@H](C)c2ccc(C(C)(C)C)cc2)S(C)(=O)=O)c(OC)c1. The number of hydrogen-bond acceptors (Lipinski definition) is 5. The molecule has 8 heteroatoms. The average Bonchev–Trinajstić information content (AvgIpc) is 2.70. The second-order valence-corrected chi connectivity index (χ2v) is 10.4. The smallest absolute Gasteiger partial charge is 0.241 e. The summed E-state index contributed by atoms with van der Waals surface area (Å²) in [5.41, 5.74) is 2.44. The lowest BCUT2D eigenvalue weighted by Gasteiger charge is -2.25. The Hall–Kier alpha value is -2.74. The van der Waals surface area contributed by atoms with Crippen molar-refractivity contribution in [3.05, 3.63) is 53.6 Å². The van der Waals surface area contributed by atoms with Gasteiger partial charge in [0, 0.05) is 6.07 Å². The van der Waals surface area contributed by atoms with Crippen molar-refractivity contribution in [2.75, 3.05) is 31.3 Å². The maximum atomic E-state index is 12.7. The van der Waals surface area contributed by atoms with E-state index in [2.05, 4.69) is 26.1 Å². The van der Waals surface area contributed by atoms with E-state index in [1.54, 1.807) is 18.2 Å². The number of nitrogens with zero attached hydrogens (tertiary/aromatic N) is 1. The van der Waals surface area contributed by atoms with E-state index < -0.39 is 15.9 Å². The van der Waals surface area contributed by atoms with Crippen LogP contribution in [0.2, 0.25) is 0 Å². The molecule has 1 N–H and O–H groups in total. The van der Waals surface area contributed by atoms with E-state index in [-0.39, 0.29) is 23.7 Å². The van der Waals surface area contributed by atoms with Gasteiger partial charge >= 0.3 is 0 Å². The maximum Gasteiger partial charge on any atom is 0.241 e. The van der Waals surface area contributed by atoms with Gasteiger partial charge in [-0.3, -0.25) is 9.10 Å². The Morgan fingerprint density at radius 3 is 2.16 bits per heavy atom. The molecule has 7 nitrogen and oxygen atoms in total. The lowest BCUT2D eigenvalue weighted by Crippen LogP contribution is -2.41. The Morgan fingerprint density at radius 1 is 1.06 bits per heavy atom. The van der Waals surface area contributed by atoms with Gasteiger partial charge in [0.25, 0.3) is 0 Å². The molecule has 0 unspecified atom stereocenters. The molecule has 0 bridgehead atoms. The summed E-state index contributed by atoms with van der Waals surface area (Å²) in [7, 11) is -0.798. The van der Waals surface area contributed by atoms with Gasteiger partial charge in [0.2, 0.25) is 15.9 Å². The van der Waals surface area contributed by atoms with Crippen LogP contribution in [0.25, 0.3) is 0 Å². The number of rotatable bonds is 8. The van der Waals surface area contributed by atoms with Crippen LogP contribution in [-0.4, -0.2) is 41.3 Å². The first kappa shape index (κ1) is 24.5. The highest BCUT2D eigenvalue weighted by Crippen LogP contribution is 2.33. The summed E-state index contributed by atoms with van der Waals surface area (Å²) in [4.78, 5) is 12.7. The van der Waals surface area contributed by atoms with Gasteiger partial charge in [-0.05, 0) is 35.6 Å². The van der Waals surface area contributed by atoms with E-state index in [1.165, 1.54) is 19.8 Å². The fourth-order valence-electron chi connectivity index (χ4n) is 3.14. The third-order valence-corrected chi connectivity index (χ3v) is 6.12. The number of nitrogens with one attached hydrogen (secondary N) is 1. The van der Waals surface area contributed by atoms with Crippen LogP contribution in [0, 0.1) is 0 Å². The summed E-state index contributed by atoms with van der Waals surface area (Å²) >= 11 is 0. The number of ether oxygens (including phenoxy) is 2. The molecule has 0 saturated carbocycles. The van der Waals surface area contributed by atoms with Crippen LogP contribution in [0.1, 0.15) is 44.9 Å². The van der Waals surface area contributed by atoms with Gasteiger partial charge in [0.05, 0.1) is 32.2 Å². The highest BCUT2D eigenvalue weighted by molar-refractivity contribution is 7.92. The van der Waals surface area contributed by atoms with Crippen molar-refractivity contribution in [3.8, 4) is 11.5 Å². The van der Waals surface area contributed by atoms with Gasteiger partial charge in [-0.2, -0.15) is 0 Å². The van der Waals surface area contributed by atoms with Crippen molar-refractivity contribution >= 4 is 21.6 Å². The zero-order chi connectivity index (χ0) is 23.4. The Bertz CT molecular complexity index is 1010. The van der Waals surface area contributed by atoms with Crippen LogP contribution in [0.4, 0.5) is 5.69 Å². The molecule has 0 radical (unpaired) electrons. The number of methoxy groups -OCH3 is 2. The van der Waals surface area contributed by atoms with Crippen molar-refractivity contribution in [2.24, 2.45) is 0 Å². The van der Waals surface area contributed by atoms with E-state index in [0.29, 0.717) is 11.5 Å². The maximum absolute atomic E-state index is 12.7. The topological polar surface area (TPSA) is 84.9 Å². The molecule has 1 amide bonds. The fraction of sp³-hybridized carbons (Fsp3) is 0.435. The number of carbonyl (C=O) groups excluding carboxylic acids is 1. The number of amides is 1. The summed E-state index contributed by atoms with van der Waals surface area (Å²) in [6, 6.07) is 12.5. The predicted octanol–water partition coefficient (Wildman–Crippen LogP) is 3.64. The van der Waals surface area contributed by atoms with E-state index in [0.717, 1.165) is 16.1 Å². The van der Waals surface area contributed by atoms with Crippen molar-refractivity contribution in [3.63, 3.8) is 0 Å². The molecule has 170 valence electrons. The third-order valence-electron chi connectivity index (χ3n) is 5.00. The summed E-state index contributed by atoms with van der Waals surface area (Å²) in [5.74, 6) is 0.393. The number of benzene rings is 2. The molecule has 2 aromatic carbocycles. The number of anilines is 1. The van der Waals surface area contributed by atoms with Crippen molar-refractivity contribution in [1.82, 2.24) is 5.32 Å². The largest absolute Gasteiger partial charge is 0.497 e. The van der Waals surface area contributed by atoms with Gasteiger partial charge in [-0.1, -0.05) is 45.0 Å². The molecule has 0 fully saturated rings. The van der Waals surface area contributed by atoms with E-state index in [9.17, 15) is 13.2 Å². The second-order valence-electron chi connectivity index (χ2n) is 8.47. The lowest BCUT2D eigenvalue weighted by atomic mass is 9.86. The summed E-state index contributed by atoms with van der Waals surface area (Å²) in [6.07, 6.45) is 1.05. The summed E-state index contributed by atoms with van der Waals surface area (Å²) in [6.45, 7) is 7.91. The van der Waals surface area contributed by atoms with Crippen LogP contribution in [0.5, 0.6) is 11.5 Å². The standard InChI is InChI=1S/C23H32N2O5S/c1-16(17-8-10-18(11-9-17)23(2,3)4)24-22(26)15-25(31(7,27)28)20-13-12-19(29-5)14-21(20)30-6/h8-14,16H,15H2,1-7H3,(H,24,26)/t16-/m0/s1. The van der Waals surface area contributed by atoms with Crippen molar-refractivity contribution in [2.45, 2.75) is 39.2 Å². The van der Waals surface area contributed by atoms with E-state index >= 15 is 0 Å². The Kier molecular flexibility index (Phi) is 7.59. The van der Waals surface area contributed by atoms with Gasteiger partial charge in [-0.15, -0.1) is 0 Å². The summed E-state index contributed by atoms with van der Waals surface area (Å²) in [5, 5.41) is 2.88. The van der Waals surface area contributed by atoms with Crippen LogP contribution in [0.3, 0.4) is 0 Å². The zero-order valence-electron chi connectivity index (χ0n) is 19.2. The van der Waals surface area contributed by atoms with E-state index in [1.807, 2.05) is 31.2 Å². The van der Waals surface area contributed by atoms with Crippen molar-refractivity contribution in [1.29, 1.82) is 0 Å². The quantitative estimate of drug-likeness (QED) is 0.666. The van der Waals surface area contributed by atoms with Gasteiger partial charge < -0.3 is 14.8 Å². The highest BCUT2D eigenvalue weighted by Gasteiger charge is 2.25. The molecular weight excluding hydrogens is 416 g/mol. The van der Waals surface area contributed by atoms with Gasteiger partial charge in [0.15, 0.2) is 0 Å². The van der Waals surface area contributed by atoms with E-state index in [4.69, 9.17) is 9.47 Å². The Morgan fingerprint density at radius 2 is 1.68 bits per heavy atom. The van der Waals surface area contributed by atoms with Crippen LogP contribution in [-0.2, 0) is 20.2 Å². The van der Waals surface area contributed by atoms with Crippen LogP contribution < -0.4 is 19.1 Å². The molecule has 0 saturated heterocycles. The molecule has 2 aromatic rings. The molecular formula is C23H32N2O5S. The number of carbonyl (C=O) groups is 1. The minimum Gasteiger partial charge on any atom is -0.497 e. The molecule has 1 atom stereocenters. The molecule has 0 aliphatic rings. The predicted molar refractivity (Wildman–Crippen MR) is 123 cm³/mol. The minimum absolute atomic E-state index is 0.0401. The fourth-order valence-corrected chi connectivity index (χ4v) is 4.00. The molecule has 0 heterocycles. The lowest BCUT2D eigenvalue weighted by molar-refractivity contribution is -0.120. The number of hydrogen-bond donors (Lipinski definition) is 1. The first-order valence-electron chi connectivity index (χ1n) is 9.96. The molecule has 0 spiro atoms. The average molecular weight is 449 g/mol. The first-order valence-corrected chi connectivity index (χ1v) is 11.8. The second kappa shape index (κ2) is 9.60. The minimum atomic E-state index is -3.74. The molecule has 31 heavy (non-hydrogen) atoms. The third kappa shape index (κ3) is 6.37. The van der Waals surface area contributed by atoms with Crippen LogP contribution >= 0.6 is 0 Å². The zero-order valence-corrected chi connectivity index (χ0v) is 20.0. The van der Waals surface area contributed by atoms with Gasteiger partial charge in [0.1, 0.15) is 18.0 Å². The van der Waals surface area contributed by atoms with Crippen molar-refractivity contribution < 1.29 is 22.7 Å². The van der Waals surface area contributed by atoms with Gasteiger partial charge in [-0.25, -0.2) is 8.42 Å². The highest BCUT2D eigenvalue weighted by atomic mass is 32.2. The summed E-state index contributed by atoms with van der Waals surface area (Å²) < 4.78 is 36.4. The Balaban J connectivity index is 2.20. The molecule has 0 aliphatic heterocycles. The first-order chi connectivity index (χ1) is 14.4. The molecule has 0 aliphatic carbocycles.